The van der Waals surface area contributed by atoms with Gasteiger partial charge in [0.25, 0.3) is 5.91 Å². The summed E-state index contributed by atoms with van der Waals surface area (Å²) in [4.78, 5) is 11.9. The van der Waals surface area contributed by atoms with Gasteiger partial charge in [-0.1, -0.05) is 23.7 Å². The lowest BCUT2D eigenvalue weighted by Gasteiger charge is -2.09. The maximum atomic E-state index is 11.9. The first-order valence-electron chi connectivity index (χ1n) is 6.91. The molecule has 0 unspecified atom stereocenters. The van der Waals surface area contributed by atoms with Crippen LogP contribution in [0.25, 0.3) is 0 Å². The van der Waals surface area contributed by atoms with Crippen molar-refractivity contribution in [2.45, 2.75) is 20.0 Å². The Labute approximate surface area is 134 Å². The lowest BCUT2D eigenvalue weighted by Crippen LogP contribution is -2.17. The van der Waals surface area contributed by atoms with Gasteiger partial charge in [-0.15, -0.1) is 0 Å². The molecule has 0 radical (unpaired) electrons. The van der Waals surface area contributed by atoms with Crippen molar-refractivity contribution >= 4 is 23.7 Å². The monoisotopic (exact) mass is 316 g/mol. The minimum Gasteiger partial charge on any atom is -0.491 e. The molecular formula is C17H17ClN2O2. The molecule has 0 fully saturated rings. The highest BCUT2D eigenvalue weighted by atomic mass is 35.5. The number of nitrogens with one attached hydrogen (secondary N) is 1. The quantitative estimate of drug-likeness (QED) is 0.672. The largest absolute Gasteiger partial charge is 0.491 e. The molecule has 0 aromatic heterocycles. The van der Waals surface area contributed by atoms with Crippen molar-refractivity contribution < 1.29 is 9.53 Å². The standard InChI is InChI=1S/C17H17ClN2O2/c1-12(2)22-14-9-7-13(8-10-14)11-19-20-17(21)15-5-3-4-6-16(15)18/h3-12H,1-2H3,(H,20,21). The van der Waals surface area contributed by atoms with Gasteiger partial charge in [-0.25, -0.2) is 5.43 Å². The van der Waals surface area contributed by atoms with Crippen molar-refractivity contribution in [3.63, 3.8) is 0 Å². The molecule has 0 saturated carbocycles. The highest BCUT2D eigenvalue weighted by Crippen LogP contribution is 2.15. The molecule has 2 aromatic carbocycles. The number of ether oxygens (including phenoxy) is 1. The van der Waals surface area contributed by atoms with Gasteiger partial charge >= 0.3 is 0 Å². The average Bonchev–Trinajstić information content (AvgIpc) is 2.49. The molecule has 4 nitrogen and oxygen atoms in total. The van der Waals surface area contributed by atoms with Crippen LogP contribution < -0.4 is 10.2 Å². The molecule has 0 atom stereocenters. The Bertz CT molecular complexity index is 667. The van der Waals surface area contributed by atoms with Gasteiger partial charge in [0, 0.05) is 0 Å². The molecule has 0 heterocycles. The Kier molecular flexibility index (Phi) is 5.55. The maximum absolute atomic E-state index is 11.9. The third kappa shape index (κ3) is 4.60. The highest BCUT2D eigenvalue weighted by molar-refractivity contribution is 6.33. The summed E-state index contributed by atoms with van der Waals surface area (Å²) >= 11 is 5.95. The van der Waals surface area contributed by atoms with E-state index in [-0.39, 0.29) is 12.0 Å². The molecule has 1 N–H and O–H groups in total. The van der Waals surface area contributed by atoms with Crippen LogP contribution in [0.5, 0.6) is 5.75 Å². The summed E-state index contributed by atoms with van der Waals surface area (Å²) in [5.74, 6) is 0.453. The number of hydrazone groups is 1. The summed E-state index contributed by atoms with van der Waals surface area (Å²) in [5.41, 5.74) is 3.70. The molecule has 0 spiro atoms. The number of benzene rings is 2. The molecule has 114 valence electrons. The molecule has 1 amide bonds. The van der Waals surface area contributed by atoms with Crippen molar-refractivity contribution in [2.24, 2.45) is 5.10 Å². The van der Waals surface area contributed by atoms with Gasteiger partial charge in [0.05, 0.1) is 22.9 Å². The number of hydrogen-bond acceptors (Lipinski definition) is 3. The smallest absolute Gasteiger partial charge is 0.272 e. The van der Waals surface area contributed by atoms with E-state index in [4.69, 9.17) is 16.3 Å². The predicted molar refractivity (Wildman–Crippen MR) is 88.7 cm³/mol. The van der Waals surface area contributed by atoms with Crippen LogP contribution in [-0.4, -0.2) is 18.2 Å². The highest BCUT2D eigenvalue weighted by Gasteiger charge is 2.07. The Balaban J connectivity index is 1.95. The Hall–Kier alpha value is -2.33. The van der Waals surface area contributed by atoms with Crippen LogP contribution in [0.3, 0.4) is 0 Å². The van der Waals surface area contributed by atoms with Crippen LogP contribution in [0, 0.1) is 0 Å². The van der Waals surface area contributed by atoms with Gasteiger partial charge in [0.15, 0.2) is 0 Å². The van der Waals surface area contributed by atoms with Crippen molar-refractivity contribution in [2.75, 3.05) is 0 Å². The number of halogens is 1. The maximum Gasteiger partial charge on any atom is 0.272 e. The number of nitrogens with zero attached hydrogens (tertiary/aromatic N) is 1. The summed E-state index contributed by atoms with van der Waals surface area (Å²) in [5, 5.41) is 4.32. The first kappa shape index (κ1) is 16.0. The summed E-state index contributed by atoms with van der Waals surface area (Å²) < 4.78 is 5.55. The molecule has 2 rings (SSSR count). The zero-order valence-corrected chi connectivity index (χ0v) is 13.2. The van der Waals surface area contributed by atoms with Crippen molar-refractivity contribution in [1.29, 1.82) is 0 Å². The topological polar surface area (TPSA) is 50.7 Å². The predicted octanol–water partition coefficient (Wildman–Crippen LogP) is 3.89. The second kappa shape index (κ2) is 7.61. The SMILES string of the molecule is CC(C)Oc1ccc(C=NNC(=O)c2ccccc2Cl)cc1. The normalized spacial score (nSPS) is 10.9. The van der Waals surface area contributed by atoms with Gasteiger partial charge in [-0.3, -0.25) is 4.79 Å². The van der Waals surface area contributed by atoms with Crippen LogP contribution in [0.1, 0.15) is 29.8 Å². The zero-order chi connectivity index (χ0) is 15.9. The zero-order valence-electron chi connectivity index (χ0n) is 12.4. The number of hydrogen-bond donors (Lipinski definition) is 1. The lowest BCUT2D eigenvalue weighted by atomic mass is 10.2. The van der Waals surface area contributed by atoms with Crippen molar-refractivity contribution in [1.82, 2.24) is 5.43 Å². The van der Waals surface area contributed by atoms with Crippen molar-refractivity contribution in [3.05, 3.63) is 64.7 Å². The Morgan fingerprint density at radius 2 is 1.86 bits per heavy atom. The van der Waals surface area contributed by atoms with E-state index in [0.717, 1.165) is 11.3 Å². The Morgan fingerprint density at radius 3 is 2.50 bits per heavy atom. The molecular weight excluding hydrogens is 300 g/mol. The second-order valence-corrected chi connectivity index (χ2v) is 5.32. The molecule has 2 aromatic rings. The van der Waals surface area contributed by atoms with Crippen LogP contribution >= 0.6 is 11.6 Å². The Morgan fingerprint density at radius 1 is 1.18 bits per heavy atom. The van der Waals surface area contributed by atoms with E-state index < -0.39 is 0 Å². The molecule has 22 heavy (non-hydrogen) atoms. The lowest BCUT2D eigenvalue weighted by molar-refractivity contribution is 0.0955. The van der Waals surface area contributed by atoms with Gasteiger partial charge in [0.1, 0.15) is 5.75 Å². The number of carbonyl (C=O) groups excluding carboxylic acids is 1. The molecule has 0 aliphatic rings. The van der Waals surface area contributed by atoms with Gasteiger partial charge < -0.3 is 4.74 Å². The van der Waals surface area contributed by atoms with E-state index in [9.17, 15) is 4.79 Å². The van der Waals surface area contributed by atoms with E-state index >= 15 is 0 Å². The summed E-state index contributed by atoms with van der Waals surface area (Å²) in [6, 6.07) is 14.3. The molecule has 0 saturated heterocycles. The molecule has 0 aliphatic heterocycles. The van der Waals surface area contributed by atoms with Crippen LogP contribution in [0.4, 0.5) is 0 Å². The number of amides is 1. The number of rotatable bonds is 5. The van der Waals surface area contributed by atoms with E-state index in [2.05, 4.69) is 10.5 Å². The van der Waals surface area contributed by atoms with E-state index in [1.165, 1.54) is 0 Å². The summed E-state index contributed by atoms with van der Waals surface area (Å²) in [7, 11) is 0. The number of carbonyl (C=O) groups is 1. The molecule has 0 aliphatic carbocycles. The van der Waals surface area contributed by atoms with E-state index in [1.54, 1.807) is 30.5 Å². The summed E-state index contributed by atoms with van der Waals surface area (Å²) in [6.45, 7) is 3.94. The van der Waals surface area contributed by atoms with Crippen LogP contribution in [0.15, 0.2) is 53.6 Å². The summed E-state index contributed by atoms with van der Waals surface area (Å²) in [6.07, 6.45) is 1.70. The van der Waals surface area contributed by atoms with E-state index in [1.807, 2.05) is 38.1 Å². The fourth-order valence-electron chi connectivity index (χ4n) is 1.78. The van der Waals surface area contributed by atoms with Crippen LogP contribution in [-0.2, 0) is 0 Å². The van der Waals surface area contributed by atoms with Crippen molar-refractivity contribution in [3.8, 4) is 5.75 Å². The molecule has 5 heteroatoms. The fourth-order valence-corrected chi connectivity index (χ4v) is 2.00. The third-order valence-electron chi connectivity index (χ3n) is 2.75. The second-order valence-electron chi connectivity index (χ2n) is 4.91. The first-order valence-corrected chi connectivity index (χ1v) is 7.28. The van der Waals surface area contributed by atoms with Gasteiger partial charge in [0.2, 0.25) is 0 Å². The van der Waals surface area contributed by atoms with E-state index in [0.29, 0.717) is 10.6 Å². The minimum atomic E-state index is -0.346. The van der Waals surface area contributed by atoms with Crippen LogP contribution in [0.2, 0.25) is 5.02 Å². The van der Waals surface area contributed by atoms with Gasteiger partial charge in [-0.05, 0) is 55.8 Å². The van der Waals surface area contributed by atoms with Gasteiger partial charge in [-0.2, -0.15) is 5.10 Å². The average molecular weight is 317 g/mol. The third-order valence-corrected chi connectivity index (χ3v) is 3.08. The fraction of sp³-hybridized carbons (Fsp3) is 0.176. The minimum absolute atomic E-state index is 0.134. The molecule has 0 bridgehead atoms. The first-order chi connectivity index (χ1) is 10.6.